The van der Waals surface area contributed by atoms with Crippen molar-refractivity contribution in [1.29, 1.82) is 0 Å². The van der Waals surface area contributed by atoms with Crippen LogP contribution in [0.3, 0.4) is 0 Å². The summed E-state index contributed by atoms with van der Waals surface area (Å²) >= 11 is 0. The van der Waals surface area contributed by atoms with Gasteiger partial charge in [0.15, 0.2) is 0 Å². The van der Waals surface area contributed by atoms with E-state index >= 15 is 0 Å². The molecule has 1 atom stereocenters. The lowest BCUT2D eigenvalue weighted by atomic mass is 10.1. The molecule has 0 aliphatic carbocycles. The minimum absolute atomic E-state index is 0.0849. The van der Waals surface area contributed by atoms with E-state index in [-0.39, 0.29) is 6.42 Å². The fourth-order valence-corrected chi connectivity index (χ4v) is 0.674. The predicted octanol–water partition coefficient (Wildman–Crippen LogP) is -0.684. The SMILES string of the molecule is C#CCC(N)C(=O)NC(C)(C)C(=O)O. The molecule has 14 heavy (non-hydrogen) atoms. The topological polar surface area (TPSA) is 92.4 Å². The van der Waals surface area contributed by atoms with E-state index in [4.69, 9.17) is 17.3 Å². The molecule has 0 saturated carbocycles. The fourth-order valence-electron chi connectivity index (χ4n) is 0.674. The number of carbonyl (C=O) groups is 2. The quantitative estimate of drug-likeness (QED) is 0.522. The van der Waals surface area contributed by atoms with Crippen LogP contribution in [-0.4, -0.2) is 28.6 Å². The van der Waals surface area contributed by atoms with Gasteiger partial charge in [0.2, 0.25) is 5.91 Å². The van der Waals surface area contributed by atoms with Gasteiger partial charge in [-0.3, -0.25) is 4.79 Å². The zero-order valence-corrected chi connectivity index (χ0v) is 8.20. The van der Waals surface area contributed by atoms with E-state index < -0.39 is 23.5 Å². The highest BCUT2D eigenvalue weighted by atomic mass is 16.4. The van der Waals surface area contributed by atoms with E-state index in [1.807, 2.05) is 0 Å². The number of carboxylic acids is 1. The Balaban J connectivity index is 4.33. The number of hydrogen-bond acceptors (Lipinski definition) is 3. The minimum Gasteiger partial charge on any atom is -0.480 e. The molecule has 4 N–H and O–H groups in total. The Kier molecular flexibility index (Phi) is 4.12. The summed E-state index contributed by atoms with van der Waals surface area (Å²) in [6, 6.07) is -0.862. The first kappa shape index (κ1) is 12.5. The number of carbonyl (C=O) groups excluding carboxylic acids is 1. The van der Waals surface area contributed by atoms with Crippen LogP contribution in [0.2, 0.25) is 0 Å². The summed E-state index contributed by atoms with van der Waals surface area (Å²) < 4.78 is 0. The summed E-state index contributed by atoms with van der Waals surface area (Å²) in [7, 11) is 0. The minimum atomic E-state index is -1.33. The average molecular weight is 198 g/mol. The Morgan fingerprint density at radius 1 is 1.64 bits per heavy atom. The Hall–Kier alpha value is -1.54. The van der Waals surface area contributed by atoms with Crippen LogP contribution in [0.15, 0.2) is 0 Å². The van der Waals surface area contributed by atoms with Crippen molar-refractivity contribution in [2.45, 2.75) is 31.8 Å². The highest BCUT2D eigenvalue weighted by molar-refractivity contribution is 5.89. The van der Waals surface area contributed by atoms with E-state index in [2.05, 4.69) is 11.2 Å². The van der Waals surface area contributed by atoms with Crippen LogP contribution in [-0.2, 0) is 9.59 Å². The summed E-state index contributed by atoms with van der Waals surface area (Å²) in [5.74, 6) is 0.544. The van der Waals surface area contributed by atoms with Gasteiger partial charge in [-0.1, -0.05) is 0 Å². The standard InChI is InChI=1S/C9H14N2O3/c1-4-5-6(10)7(12)11-9(2,3)8(13)14/h1,6H,5,10H2,2-3H3,(H,11,12)(H,13,14). The third kappa shape index (κ3) is 3.46. The molecule has 5 heteroatoms. The Morgan fingerprint density at radius 3 is 2.50 bits per heavy atom. The fraction of sp³-hybridized carbons (Fsp3) is 0.556. The van der Waals surface area contributed by atoms with Crippen molar-refractivity contribution in [3.8, 4) is 12.3 Å². The molecular formula is C9H14N2O3. The van der Waals surface area contributed by atoms with Gasteiger partial charge in [-0.15, -0.1) is 12.3 Å². The van der Waals surface area contributed by atoms with Crippen LogP contribution in [0.5, 0.6) is 0 Å². The summed E-state index contributed by atoms with van der Waals surface area (Å²) in [6.45, 7) is 2.74. The van der Waals surface area contributed by atoms with Gasteiger partial charge in [0.05, 0.1) is 6.04 Å². The van der Waals surface area contributed by atoms with Gasteiger partial charge in [-0.05, 0) is 13.8 Å². The summed E-state index contributed by atoms with van der Waals surface area (Å²) in [6.07, 6.45) is 5.05. The molecule has 1 unspecified atom stereocenters. The summed E-state index contributed by atoms with van der Waals surface area (Å²) in [4.78, 5) is 21.9. The van der Waals surface area contributed by atoms with Crippen LogP contribution in [0.4, 0.5) is 0 Å². The molecule has 0 rings (SSSR count). The molecule has 0 heterocycles. The molecule has 0 fully saturated rings. The molecule has 0 bridgehead atoms. The maximum Gasteiger partial charge on any atom is 0.328 e. The first-order valence-electron chi connectivity index (χ1n) is 4.05. The highest BCUT2D eigenvalue weighted by Crippen LogP contribution is 2.02. The normalized spacial score (nSPS) is 12.7. The maximum atomic E-state index is 11.3. The lowest BCUT2D eigenvalue weighted by molar-refractivity contribution is -0.146. The van der Waals surface area contributed by atoms with E-state index in [0.29, 0.717) is 0 Å². The van der Waals surface area contributed by atoms with Gasteiger partial charge in [-0.2, -0.15) is 0 Å². The van der Waals surface area contributed by atoms with E-state index in [1.165, 1.54) is 13.8 Å². The van der Waals surface area contributed by atoms with Gasteiger partial charge in [-0.25, -0.2) is 4.79 Å². The number of hydrogen-bond donors (Lipinski definition) is 3. The van der Waals surface area contributed by atoms with Crippen molar-refractivity contribution in [2.24, 2.45) is 5.73 Å². The number of aliphatic carboxylic acids is 1. The molecule has 0 aliphatic heterocycles. The zero-order chi connectivity index (χ0) is 11.4. The van der Waals surface area contributed by atoms with Crippen molar-refractivity contribution >= 4 is 11.9 Å². The largest absolute Gasteiger partial charge is 0.480 e. The maximum absolute atomic E-state index is 11.3. The number of terminal acetylenes is 1. The molecule has 0 spiro atoms. The van der Waals surface area contributed by atoms with Crippen molar-refractivity contribution < 1.29 is 14.7 Å². The van der Waals surface area contributed by atoms with Gasteiger partial charge in [0.25, 0.3) is 0 Å². The van der Waals surface area contributed by atoms with Gasteiger partial charge < -0.3 is 16.2 Å². The zero-order valence-electron chi connectivity index (χ0n) is 8.20. The second-order valence-corrected chi connectivity index (χ2v) is 3.43. The molecule has 0 aliphatic rings. The number of nitrogens with two attached hydrogens (primary N) is 1. The number of carboxylic acid groups (broad SMARTS) is 1. The number of amides is 1. The van der Waals surface area contributed by atoms with Crippen LogP contribution in [0.25, 0.3) is 0 Å². The smallest absolute Gasteiger partial charge is 0.328 e. The summed E-state index contributed by atoms with van der Waals surface area (Å²) in [5, 5.41) is 11.0. The monoisotopic (exact) mass is 198 g/mol. The third-order valence-corrected chi connectivity index (χ3v) is 1.64. The average Bonchev–Trinajstić information content (AvgIpc) is 2.03. The summed E-state index contributed by atoms with van der Waals surface area (Å²) in [5.41, 5.74) is 4.06. The first-order valence-corrected chi connectivity index (χ1v) is 4.05. The van der Waals surface area contributed by atoms with Crippen LogP contribution >= 0.6 is 0 Å². The van der Waals surface area contributed by atoms with Gasteiger partial charge in [0, 0.05) is 6.42 Å². The molecule has 0 aromatic carbocycles. The third-order valence-electron chi connectivity index (χ3n) is 1.64. The van der Waals surface area contributed by atoms with Gasteiger partial charge >= 0.3 is 5.97 Å². The second-order valence-electron chi connectivity index (χ2n) is 3.43. The molecule has 0 aromatic heterocycles. The molecule has 78 valence electrons. The van der Waals surface area contributed by atoms with Crippen molar-refractivity contribution in [1.82, 2.24) is 5.32 Å². The molecule has 1 amide bonds. The van der Waals surface area contributed by atoms with Crippen LogP contribution in [0, 0.1) is 12.3 Å². The molecule has 0 aromatic rings. The molecular weight excluding hydrogens is 184 g/mol. The number of rotatable bonds is 4. The first-order chi connectivity index (χ1) is 6.31. The molecule has 0 saturated heterocycles. The lowest BCUT2D eigenvalue weighted by Gasteiger charge is -2.22. The molecule has 0 radical (unpaired) electrons. The van der Waals surface area contributed by atoms with E-state index in [1.54, 1.807) is 0 Å². The molecule has 5 nitrogen and oxygen atoms in total. The van der Waals surface area contributed by atoms with E-state index in [9.17, 15) is 9.59 Å². The predicted molar refractivity (Wildman–Crippen MR) is 51.3 cm³/mol. The lowest BCUT2D eigenvalue weighted by Crippen LogP contribution is -2.54. The van der Waals surface area contributed by atoms with Crippen LogP contribution in [0.1, 0.15) is 20.3 Å². The van der Waals surface area contributed by atoms with Gasteiger partial charge in [0.1, 0.15) is 5.54 Å². The Labute approximate surface area is 82.7 Å². The van der Waals surface area contributed by atoms with Crippen LogP contribution < -0.4 is 11.1 Å². The Bertz CT molecular complexity index is 278. The van der Waals surface area contributed by atoms with E-state index in [0.717, 1.165) is 0 Å². The highest BCUT2D eigenvalue weighted by Gasteiger charge is 2.30. The van der Waals surface area contributed by atoms with Crippen molar-refractivity contribution in [3.05, 3.63) is 0 Å². The van der Waals surface area contributed by atoms with Crippen molar-refractivity contribution in [3.63, 3.8) is 0 Å². The van der Waals surface area contributed by atoms with Crippen molar-refractivity contribution in [2.75, 3.05) is 0 Å². The Morgan fingerprint density at radius 2 is 2.14 bits per heavy atom. The second kappa shape index (κ2) is 4.63. The number of nitrogens with one attached hydrogen (secondary N) is 1.